The van der Waals surface area contributed by atoms with Gasteiger partial charge in [0.15, 0.2) is 0 Å². The topological polar surface area (TPSA) is 88.5 Å². The maximum absolute atomic E-state index is 12.6. The number of hydrogen-bond donors (Lipinski definition) is 2. The van der Waals surface area contributed by atoms with Crippen LogP contribution in [0.15, 0.2) is 72.8 Å². The molecule has 1 amide bonds. The zero-order chi connectivity index (χ0) is 22.2. The minimum absolute atomic E-state index is 0.0170. The Morgan fingerprint density at radius 3 is 2.28 bits per heavy atom. The number of carboxylic acids is 1. The van der Waals surface area contributed by atoms with Crippen LogP contribution in [0.2, 0.25) is 0 Å². The van der Waals surface area contributed by atoms with Crippen LogP contribution in [0.5, 0.6) is 0 Å². The Balaban J connectivity index is 1.38. The van der Waals surface area contributed by atoms with Crippen molar-refractivity contribution in [1.29, 1.82) is 0 Å². The Labute approximate surface area is 184 Å². The second-order valence-electron chi connectivity index (χ2n) is 7.80. The average Bonchev–Trinajstić information content (AvgIpc) is 3.11. The Kier molecular flexibility index (Phi) is 4.82. The van der Waals surface area contributed by atoms with Crippen LogP contribution in [0, 0.1) is 6.92 Å². The number of aromatic nitrogens is 1. The molecule has 6 nitrogen and oxygen atoms in total. The fourth-order valence-electron chi connectivity index (χ4n) is 4.30. The molecule has 1 aliphatic carbocycles. The second-order valence-corrected chi connectivity index (χ2v) is 7.80. The molecule has 0 unspecified atom stereocenters. The Morgan fingerprint density at radius 1 is 0.969 bits per heavy atom. The van der Waals surface area contributed by atoms with Gasteiger partial charge in [-0.1, -0.05) is 54.6 Å². The van der Waals surface area contributed by atoms with Crippen LogP contribution in [-0.2, 0) is 4.74 Å². The fourth-order valence-corrected chi connectivity index (χ4v) is 4.30. The van der Waals surface area contributed by atoms with Crippen LogP contribution in [-0.4, -0.2) is 28.8 Å². The van der Waals surface area contributed by atoms with Gasteiger partial charge in [-0.3, -0.25) is 10.3 Å². The van der Waals surface area contributed by atoms with Gasteiger partial charge in [-0.05, 0) is 47.4 Å². The van der Waals surface area contributed by atoms with Gasteiger partial charge >= 0.3 is 12.1 Å². The number of hydrogen-bond acceptors (Lipinski definition) is 4. The highest BCUT2D eigenvalue weighted by Gasteiger charge is 2.29. The molecule has 4 aromatic rings. The molecule has 1 aliphatic rings. The number of benzene rings is 3. The van der Waals surface area contributed by atoms with E-state index >= 15 is 0 Å². The maximum Gasteiger partial charge on any atom is 0.411 e. The highest BCUT2D eigenvalue weighted by atomic mass is 16.5. The summed E-state index contributed by atoms with van der Waals surface area (Å²) in [5.41, 5.74) is 6.03. The zero-order valence-corrected chi connectivity index (χ0v) is 17.3. The number of fused-ring (bicyclic) bond motifs is 4. The fraction of sp³-hybridized carbons (Fsp3) is 0.115. The molecule has 0 spiro atoms. The number of aryl methyl sites for hydroxylation is 1. The lowest BCUT2D eigenvalue weighted by molar-refractivity contribution is 0.0698. The number of carbonyl (C=O) groups is 2. The van der Waals surface area contributed by atoms with E-state index in [9.17, 15) is 14.7 Å². The summed E-state index contributed by atoms with van der Waals surface area (Å²) in [6.45, 7) is 2.00. The zero-order valence-electron chi connectivity index (χ0n) is 17.3. The summed E-state index contributed by atoms with van der Waals surface area (Å²) in [5, 5.41) is 12.9. The van der Waals surface area contributed by atoms with E-state index in [1.165, 1.54) is 6.07 Å². The smallest absolute Gasteiger partial charge is 0.411 e. The second kappa shape index (κ2) is 7.81. The number of nitrogens with zero attached hydrogens (tertiary/aromatic N) is 1. The van der Waals surface area contributed by atoms with Gasteiger partial charge in [-0.25, -0.2) is 9.59 Å². The molecule has 158 valence electrons. The standard InChI is InChI=1S/C26H20N2O4/c1-15-10-11-16-12-21(25(29)30)24(13-23(16)27-15)28-26(31)32-14-22-19-8-4-2-6-17(19)18-7-3-5-9-20(18)22/h2-13,22H,14H2,1H3,(H,28,31)(H,29,30). The predicted molar refractivity (Wildman–Crippen MR) is 122 cm³/mol. The first kappa shape index (κ1) is 19.8. The van der Waals surface area contributed by atoms with Crippen LogP contribution in [0.25, 0.3) is 22.0 Å². The van der Waals surface area contributed by atoms with Crippen molar-refractivity contribution in [2.45, 2.75) is 12.8 Å². The van der Waals surface area contributed by atoms with Gasteiger partial charge in [-0.15, -0.1) is 0 Å². The van der Waals surface area contributed by atoms with Gasteiger partial charge in [0.05, 0.1) is 16.8 Å². The van der Waals surface area contributed by atoms with E-state index in [1.54, 1.807) is 12.1 Å². The molecule has 0 saturated carbocycles. The third-order valence-corrected chi connectivity index (χ3v) is 5.78. The number of carbonyl (C=O) groups excluding carboxylic acids is 1. The van der Waals surface area contributed by atoms with Crippen LogP contribution >= 0.6 is 0 Å². The highest BCUT2D eigenvalue weighted by molar-refractivity contribution is 6.03. The number of aromatic carboxylic acids is 1. The van der Waals surface area contributed by atoms with E-state index in [2.05, 4.69) is 22.4 Å². The first-order chi connectivity index (χ1) is 15.5. The number of amides is 1. The van der Waals surface area contributed by atoms with Crippen molar-refractivity contribution in [1.82, 2.24) is 4.98 Å². The normalized spacial score (nSPS) is 12.3. The van der Waals surface area contributed by atoms with E-state index in [4.69, 9.17) is 4.74 Å². The number of carboxylic acid groups (broad SMARTS) is 1. The SMILES string of the molecule is Cc1ccc2cc(C(=O)O)c(NC(=O)OCC3c4ccccc4-c4ccccc43)cc2n1. The van der Waals surface area contributed by atoms with Gasteiger partial charge in [0.25, 0.3) is 0 Å². The summed E-state index contributed by atoms with van der Waals surface area (Å²) in [4.78, 5) is 28.8. The molecule has 1 aromatic heterocycles. The van der Waals surface area contributed by atoms with Crippen molar-refractivity contribution in [3.8, 4) is 11.1 Å². The van der Waals surface area contributed by atoms with Crippen molar-refractivity contribution in [3.05, 3.63) is 95.2 Å². The van der Waals surface area contributed by atoms with E-state index in [-0.39, 0.29) is 23.8 Å². The Bertz CT molecular complexity index is 1330. The van der Waals surface area contributed by atoms with Crippen molar-refractivity contribution < 1.29 is 19.4 Å². The van der Waals surface area contributed by atoms with Crippen LogP contribution in [0.4, 0.5) is 10.5 Å². The molecule has 6 heteroatoms. The highest BCUT2D eigenvalue weighted by Crippen LogP contribution is 2.44. The molecular formula is C26H20N2O4. The molecule has 0 radical (unpaired) electrons. The maximum atomic E-state index is 12.6. The first-order valence-electron chi connectivity index (χ1n) is 10.3. The van der Waals surface area contributed by atoms with E-state index in [0.717, 1.165) is 27.9 Å². The Hall–Kier alpha value is -4.19. The van der Waals surface area contributed by atoms with E-state index in [0.29, 0.717) is 10.9 Å². The van der Waals surface area contributed by atoms with Crippen molar-refractivity contribution in [2.24, 2.45) is 0 Å². The van der Waals surface area contributed by atoms with Gasteiger partial charge in [0.2, 0.25) is 0 Å². The molecule has 5 rings (SSSR count). The van der Waals surface area contributed by atoms with Crippen molar-refractivity contribution in [2.75, 3.05) is 11.9 Å². The number of pyridine rings is 1. The predicted octanol–water partition coefficient (Wildman–Crippen LogP) is 5.60. The molecule has 0 saturated heterocycles. The van der Waals surface area contributed by atoms with Gasteiger partial charge < -0.3 is 9.84 Å². The van der Waals surface area contributed by atoms with Gasteiger partial charge in [0.1, 0.15) is 6.61 Å². The van der Waals surface area contributed by atoms with Crippen LogP contribution in [0.3, 0.4) is 0 Å². The molecule has 3 aromatic carbocycles. The summed E-state index contributed by atoms with van der Waals surface area (Å²) < 4.78 is 5.55. The molecule has 0 fully saturated rings. The van der Waals surface area contributed by atoms with Crippen LogP contribution in [0.1, 0.15) is 33.1 Å². The number of rotatable bonds is 4. The lowest BCUT2D eigenvalue weighted by Crippen LogP contribution is -2.19. The number of nitrogens with one attached hydrogen (secondary N) is 1. The minimum Gasteiger partial charge on any atom is -0.478 e. The number of anilines is 1. The molecule has 2 N–H and O–H groups in total. The summed E-state index contributed by atoms with van der Waals surface area (Å²) in [7, 11) is 0. The van der Waals surface area contributed by atoms with Crippen molar-refractivity contribution in [3.63, 3.8) is 0 Å². The first-order valence-corrected chi connectivity index (χ1v) is 10.3. The molecule has 32 heavy (non-hydrogen) atoms. The largest absolute Gasteiger partial charge is 0.478 e. The van der Waals surface area contributed by atoms with Gasteiger partial charge in [0, 0.05) is 17.0 Å². The molecule has 0 bridgehead atoms. The molecule has 1 heterocycles. The minimum atomic E-state index is -1.14. The van der Waals surface area contributed by atoms with Gasteiger partial charge in [-0.2, -0.15) is 0 Å². The summed E-state index contributed by atoms with van der Waals surface area (Å²) >= 11 is 0. The lowest BCUT2D eigenvalue weighted by atomic mass is 9.98. The van der Waals surface area contributed by atoms with E-state index in [1.807, 2.05) is 49.4 Å². The third kappa shape index (κ3) is 3.46. The summed E-state index contributed by atoms with van der Waals surface area (Å²) in [6, 6.07) is 22.8. The molecule has 0 aliphatic heterocycles. The number of ether oxygens (including phenoxy) is 1. The molecular weight excluding hydrogens is 404 g/mol. The Morgan fingerprint density at radius 2 is 1.62 bits per heavy atom. The van der Waals surface area contributed by atoms with Crippen molar-refractivity contribution >= 4 is 28.7 Å². The summed E-state index contributed by atoms with van der Waals surface area (Å²) in [5.74, 6) is -1.21. The monoisotopic (exact) mass is 424 g/mol. The van der Waals surface area contributed by atoms with Crippen LogP contribution < -0.4 is 5.32 Å². The quantitative estimate of drug-likeness (QED) is 0.445. The average molecular weight is 424 g/mol. The van der Waals surface area contributed by atoms with E-state index < -0.39 is 12.1 Å². The lowest BCUT2D eigenvalue weighted by Gasteiger charge is -2.15. The third-order valence-electron chi connectivity index (χ3n) is 5.78. The molecule has 0 atom stereocenters. The summed E-state index contributed by atoms with van der Waals surface area (Å²) in [6.07, 6.45) is -0.707.